The minimum atomic E-state index is -0.690. The van der Waals surface area contributed by atoms with Crippen LogP contribution in [0, 0.1) is 0 Å². The number of aromatic amines is 1. The number of imidazole rings is 1. The van der Waals surface area contributed by atoms with E-state index >= 15 is 0 Å². The summed E-state index contributed by atoms with van der Waals surface area (Å²) in [7, 11) is 0. The Labute approximate surface area is 142 Å². The number of aromatic nitrogens is 2. The maximum atomic E-state index is 12.2. The average Bonchev–Trinajstić information content (AvgIpc) is 2.88. The summed E-state index contributed by atoms with van der Waals surface area (Å²) in [6.45, 7) is 0.395. The smallest absolute Gasteiger partial charge is 0.240 e. The van der Waals surface area contributed by atoms with Crippen molar-refractivity contribution in [2.45, 2.75) is 44.2 Å². The van der Waals surface area contributed by atoms with E-state index in [0.29, 0.717) is 6.54 Å². The summed E-state index contributed by atoms with van der Waals surface area (Å²) in [4.78, 5) is 19.9. The molecule has 2 aromatic rings. The zero-order valence-electron chi connectivity index (χ0n) is 12.3. The van der Waals surface area contributed by atoms with Crippen LogP contribution in [0.1, 0.15) is 37.9 Å². The van der Waals surface area contributed by atoms with E-state index in [9.17, 15) is 4.79 Å². The molecule has 1 heterocycles. The SMILES string of the molecule is Cl.Cl.NC1(C(=O)NCc2nc3ccccc3[nH]2)CCCCC1. The van der Waals surface area contributed by atoms with Crippen LogP contribution in [0.15, 0.2) is 24.3 Å². The minimum Gasteiger partial charge on any atom is -0.347 e. The van der Waals surface area contributed by atoms with Crippen molar-refractivity contribution >= 4 is 41.8 Å². The number of para-hydroxylation sites is 2. The molecule has 1 amide bonds. The fraction of sp³-hybridized carbons (Fsp3) is 0.467. The van der Waals surface area contributed by atoms with Crippen LogP contribution in [-0.2, 0) is 11.3 Å². The van der Waals surface area contributed by atoms with E-state index in [0.717, 1.165) is 42.5 Å². The molecule has 0 spiro atoms. The van der Waals surface area contributed by atoms with E-state index in [-0.39, 0.29) is 30.7 Å². The van der Waals surface area contributed by atoms with Crippen molar-refractivity contribution in [3.8, 4) is 0 Å². The normalized spacial score (nSPS) is 16.4. The molecule has 7 heteroatoms. The molecule has 4 N–H and O–H groups in total. The molecule has 0 atom stereocenters. The Hall–Kier alpha value is -1.30. The Bertz CT molecular complexity index is 590. The molecule has 1 aliphatic rings. The molecule has 0 saturated heterocycles. The second-order valence-electron chi connectivity index (χ2n) is 5.60. The number of benzene rings is 1. The summed E-state index contributed by atoms with van der Waals surface area (Å²) < 4.78 is 0. The van der Waals surface area contributed by atoms with Crippen LogP contribution in [0.5, 0.6) is 0 Å². The standard InChI is InChI=1S/C15H20N4O.2ClH/c16-15(8-4-1-5-9-15)14(20)17-10-13-18-11-6-2-3-7-12(11)19-13;;/h2-3,6-7H,1,4-5,8-10,16H2,(H,17,20)(H,18,19);2*1H. The summed E-state index contributed by atoms with van der Waals surface area (Å²) in [5.41, 5.74) is 7.41. The van der Waals surface area contributed by atoms with Gasteiger partial charge in [0, 0.05) is 0 Å². The van der Waals surface area contributed by atoms with Crippen LogP contribution >= 0.6 is 24.8 Å². The second kappa shape index (κ2) is 7.81. The first-order valence-corrected chi connectivity index (χ1v) is 7.18. The number of nitrogens with one attached hydrogen (secondary N) is 2. The molecule has 1 aliphatic carbocycles. The summed E-state index contributed by atoms with van der Waals surface area (Å²) >= 11 is 0. The molecule has 0 unspecified atom stereocenters. The summed E-state index contributed by atoms with van der Waals surface area (Å²) in [5.74, 6) is 0.705. The van der Waals surface area contributed by atoms with Crippen molar-refractivity contribution in [2.75, 3.05) is 0 Å². The third-order valence-electron chi connectivity index (χ3n) is 4.05. The van der Waals surface area contributed by atoms with E-state index in [2.05, 4.69) is 15.3 Å². The fourth-order valence-corrected chi connectivity index (χ4v) is 2.84. The Kier molecular flexibility index (Phi) is 6.66. The van der Waals surface area contributed by atoms with Crippen LogP contribution in [-0.4, -0.2) is 21.4 Å². The van der Waals surface area contributed by atoms with Gasteiger partial charge in [0.05, 0.1) is 23.1 Å². The van der Waals surface area contributed by atoms with Gasteiger partial charge in [0.2, 0.25) is 5.91 Å². The largest absolute Gasteiger partial charge is 0.347 e. The summed E-state index contributed by atoms with van der Waals surface area (Å²) in [6.07, 6.45) is 4.80. The first kappa shape index (κ1) is 18.7. The molecular weight excluding hydrogens is 323 g/mol. The van der Waals surface area contributed by atoms with Crippen LogP contribution in [0.25, 0.3) is 11.0 Å². The van der Waals surface area contributed by atoms with Gasteiger partial charge in [0.1, 0.15) is 5.82 Å². The highest BCUT2D eigenvalue weighted by Crippen LogP contribution is 2.26. The first-order chi connectivity index (χ1) is 9.67. The topological polar surface area (TPSA) is 83.8 Å². The minimum absolute atomic E-state index is 0. The third kappa shape index (κ3) is 3.91. The molecule has 0 bridgehead atoms. The third-order valence-corrected chi connectivity index (χ3v) is 4.05. The van der Waals surface area contributed by atoms with Crippen molar-refractivity contribution < 1.29 is 4.79 Å². The van der Waals surface area contributed by atoms with Crippen LogP contribution in [0.4, 0.5) is 0 Å². The number of hydrogen-bond acceptors (Lipinski definition) is 3. The molecule has 0 radical (unpaired) electrons. The maximum Gasteiger partial charge on any atom is 0.240 e. The number of nitrogens with zero attached hydrogens (tertiary/aromatic N) is 1. The van der Waals surface area contributed by atoms with Gasteiger partial charge in [-0.3, -0.25) is 4.79 Å². The first-order valence-electron chi connectivity index (χ1n) is 7.18. The van der Waals surface area contributed by atoms with E-state index in [4.69, 9.17) is 5.73 Å². The van der Waals surface area contributed by atoms with Gasteiger partial charge in [-0.05, 0) is 25.0 Å². The number of hydrogen-bond donors (Lipinski definition) is 3. The lowest BCUT2D eigenvalue weighted by Gasteiger charge is -2.31. The van der Waals surface area contributed by atoms with Crippen LogP contribution in [0.2, 0.25) is 0 Å². The van der Waals surface area contributed by atoms with Crippen molar-refractivity contribution in [1.29, 1.82) is 0 Å². The summed E-state index contributed by atoms with van der Waals surface area (Å²) in [5, 5.41) is 2.91. The second-order valence-corrected chi connectivity index (χ2v) is 5.60. The highest BCUT2D eigenvalue weighted by molar-refractivity contribution is 5.86. The van der Waals surface area contributed by atoms with E-state index in [1.165, 1.54) is 6.42 Å². The Balaban J connectivity index is 0.00000121. The lowest BCUT2D eigenvalue weighted by atomic mass is 9.82. The highest BCUT2D eigenvalue weighted by atomic mass is 35.5. The molecular formula is C15H22Cl2N4O. The lowest BCUT2D eigenvalue weighted by Crippen LogP contribution is -2.54. The predicted octanol–water partition coefficient (Wildman–Crippen LogP) is 2.68. The zero-order valence-corrected chi connectivity index (χ0v) is 13.9. The molecule has 1 fully saturated rings. The van der Waals surface area contributed by atoms with Gasteiger partial charge >= 0.3 is 0 Å². The number of halogens is 2. The van der Waals surface area contributed by atoms with Crippen molar-refractivity contribution in [3.63, 3.8) is 0 Å². The summed E-state index contributed by atoms with van der Waals surface area (Å²) in [6, 6.07) is 7.82. The van der Waals surface area contributed by atoms with E-state index in [1.54, 1.807) is 0 Å². The van der Waals surface area contributed by atoms with Gasteiger partial charge in [-0.25, -0.2) is 4.98 Å². The lowest BCUT2D eigenvalue weighted by molar-refractivity contribution is -0.127. The maximum absolute atomic E-state index is 12.2. The van der Waals surface area contributed by atoms with Gasteiger partial charge in [-0.2, -0.15) is 0 Å². The van der Waals surface area contributed by atoms with Crippen molar-refractivity contribution in [1.82, 2.24) is 15.3 Å². The van der Waals surface area contributed by atoms with Crippen LogP contribution < -0.4 is 11.1 Å². The van der Waals surface area contributed by atoms with Gasteiger partial charge in [-0.1, -0.05) is 31.4 Å². The Morgan fingerprint density at radius 3 is 2.59 bits per heavy atom. The molecule has 0 aliphatic heterocycles. The van der Waals surface area contributed by atoms with Crippen molar-refractivity contribution in [2.24, 2.45) is 5.73 Å². The highest BCUT2D eigenvalue weighted by Gasteiger charge is 2.34. The molecule has 1 saturated carbocycles. The molecule has 5 nitrogen and oxygen atoms in total. The number of amides is 1. The number of carbonyl (C=O) groups excluding carboxylic acids is 1. The number of carbonyl (C=O) groups is 1. The Morgan fingerprint density at radius 1 is 1.23 bits per heavy atom. The monoisotopic (exact) mass is 344 g/mol. The van der Waals surface area contributed by atoms with Gasteiger partial charge in [0.25, 0.3) is 0 Å². The molecule has 3 rings (SSSR count). The predicted molar refractivity (Wildman–Crippen MR) is 92.4 cm³/mol. The van der Waals surface area contributed by atoms with Crippen LogP contribution in [0.3, 0.4) is 0 Å². The van der Waals surface area contributed by atoms with Gasteiger partial charge in [-0.15, -0.1) is 24.8 Å². The quantitative estimate of drug-likeness (QED) is 0.800. The number of fused-ring (bicyclic) bond motifs is 1. The Morgan fingerprint density at radius 2 is 1.91 bits per heavy atom. The van der Waals surface area contributed by atoms with E-state index < -0.39 is 5.54 Å². The fourth-order valence-electron chi connectivity index (χ4n) is 2.84. The molecule has 1 aromatic heterocycles. The van der Waals surface area contributed by atoms with Gasteiger partial charge in [0.15, 0.2) is 0 Å². The van der Waals surface area contributed by atoms with Gasteiger partial charge < -0.3 is 16.0 Å². The van der Waals surface area contributed by atoms with Crippen molar-refractivity contribution in [3.05, 3.63) is 30.1 Å². The average molecular weight is 345 g/mol. The molecule has 122 valence electrons. The van der Waals surface area contributed by atoms with E-state index in [1.807, 2.05) is 24.3 Å². The number of rotatable bonds is 3. The number of nitrogens with two attached hydrogens (primary N) is 1. The molecule has 22 heavy (non-hydrogen) atoms. The molecule has 1 aromatic carbocycles. The number of H-pyrrole nitrogens is 1. The zero-order chi connectivity index (χ0) is 14.0.